The number of nitrogens with zero attached hydrogens (tertiary/aromatic N) is 1. The molecule has 2 rings (SSSR count). The summed E-state index contributed by atoms with van der Waals surface area (Å²) in [5.41, 5.74) is -1.17. The highest BCUT2D eigenvalue weighted by molar-refractivity contribution is 7.92. The summed E-state index contributed by atoms with van der Waals surface area (Å²) in [5.74, 6) is -2.28. The Morgan fingerprint density at radius 2 is 1.81 bits per heavy atom. The van der Waals surface area contributed by atoms with E-state index in [4.69, 9.17) is 4.74 Å². The number of rotatable bonds is 6. The topological polar surface area (TPSA) is 75.7 Å². The van der Waals surface area contributed by atoms with Crippen molar-refractivity contribution in [3.8, 4) is 5.75 Å². The van der Waals surface area contributed by atoms with Crippen molar-refractivity contribution in [1.29, 1.82) is 0 Å². The summed E-state index contributed by atoms with van der Waals surface area (Å²) in [6.45, 7) is 1.67. The third-order valence-electron chi connectivity index (χ3n) is 3.47. The highest BCUT2D eigenvalue weighted by Crippen LogP contribution is 2.30. The summed E-state index contributed by atoms with van der Waals surface area (Å²) in [7, 11) is -2.61. The van der Waals surface area contributed by atoms with Gasteiger partial charge in [-0.25, -0.2) is 22.0 Å². The van der Waals surface area contributed by atoms with Gasteiger partial charge in [0, 0.05) is 7.05 Å². The zero-order valence-corrected chi connectivity index (χ0v) is 15.0. The van der Waals surface area contributed by atoms with Gasteiger partial charge in [0.15, 0.2) is 5.82 Å². The lowest BCUT2D eigenvalue weighted by Crippen LogP contribution is -2.30. The van der Waals surface area contributed by atoms with Crippen LogP contribution in [-0.4, -0.2) is 27.3 Å². The molecule has 9 heteroatoms. The molecular weight excluding hydrogens is 366 g/mol. The minimum Gasteiger partial charge on any atom is -0.410 e. The highest BCUT2D eigenvalue weighted by Gasteiger charge is 2.24. The third kappa shape index (κ3) is 4.48. The molecule has 0 heterocycles. The Bertz CT molecular complexity index is 889. The van der Waals surface area contributed by atoms with Crippen LogP contribution in [0.15, 0.2) is 42.5 Å². The number of benzene rings is 2. The zero-order chi connectivity index (χ0) is 19.3. The molecule has 0 atom stereocenters. The fraction of sp³-hybridized carbons (Fsp3) is 0.235. The molecule has 0 aliphatic heterocycles. The smallest absolute Gasteiger partial charge is 0.410 e. The molecule has 0 saturated carbocycles. The molecule has 0 aromatic heterocycles. The van der Waals surface area contributed by atoms with Gasteiger partial charge in [0.1, 0.15) is 17.3 Å². The summed E-state index contributed by atoms with van der Waals surface area (Å²) >= 11 is 0. The van der Waals surface area contributed by atoms with E-state index >= 15 is 0 Å². The first kappa shape index (κ1) is 19.6. The van der Waals surface area contributed by atoms with Crippen molar-refractivity contribution in [2.24, 2.45) is 0 Å². The fourth-order valence-corrected chi connectivity index (χ4v) is 3.40. The van der Waals surface area contributed by atoms with E-state index in [2.05, 4.69) is 0 Å². The van der Waals surface area contributed by atoms with Crippen molar-refractivity contribution in [3.05, 3.63) is 54.1 Å². The van der Waals surface area contributed by atoms with Crippen molar-refractivity contribution in [2.45, 2.75) is 13.3 Å². The molecule has 0 bridgehead atoms. The number of halogens is 2. The molecule has 0 fully saturated rings. The summed E-state index contributed by atoms with van der Waals surface area (Å²) < 4.78 is 58.4. The van der Waals surface area contributed by atoms with Gasteiger partial charge in [0.2, 0.25) is 10.0 Å². The molecule has 140 valence electrons. The number of ether oxygens (including phenoxy) is 1. The number of carbonyl (C=O) groups excluding carboxylic acids is 1. The van der Waals surface area contributed by atoms with Crippen LogP contribution < -0.4 is 14.4 Å². The first-order chi connectivity index (χ1) is 12.3. The lowest BCUT2D eigenvalue weighted by Gasteiger charge is -2.21. The Balaban J connectivity index is 2.28. The zero-order valence-electron chi connectivity index (χ0n) is 14.2. The summed E-state index contributed by atoms with van der Waals surface area (Å²) in [4.78, 5) is 11.9. The lowest BCUT2D eigenvalue weighted by atomic mass is 10.2. The molecule has 26 heavy (non-hydrogen) atoms. The second-order valence-electron chi connectivity index (χ2n) is 5.37. The van der Waals surface area contributed by atoms with Gasteiger partial charge in [-0.15, -0.1) is 0 Å². The molecule has 2 aromatic carbocycles. The van der Waals surface area contributed by atoms with E-state index in [9.17, 15) is 22.0 Å². The summed E-state index contributed by atoms with van der Waals surface area (Å²) in [5, 5.41) is 1.97. The van der Waals surface area contributed by atoms with Gasteiger partial charge >= 0.3 is 6.09 Å². The SMILES string of the molecule is CCCS(=O)(=O)N(C)c1ccc(F)c(NC(=O)Oc2ccccc2)c1F. The number of sulfonamides is 1. The first-order valence-electron chi connectivity index (χ1n) is 7.74. The Morgan fingerprint density at radius 1 is 1.15 bits per heavy atom. The Labute approximate surface area is 150 Å². The Morgan fingerprint density at radius 3 is 2.42 bits per heavy atom. The number of carbonyl (C=O) groups is 1. The van der Waals surface area contributed by atoms with Crippen LogP contribution in [0, 0.1) is 11.6 Å². The minimum atomic E-state index is -3.77. The molecule has 0 aliphatic carbocycles. The summed E-state index contributed by atoms with van der Waals surface area (Å²) in [6, 6.07) is 9.80. The second-order valence-corrected chi connectivity index (χ2v) is 7.49. The highest BCUT2D eigenvalue weighted by atomic mass is 32.2. The van der Waals surface area contributed by atoms with Gasteiger partial charge in [0.25, 0.3) is 0 Å². The largest absolute Gasteiger partial charge is 0.417 e. The molecule has 0 saturated heterocycles. The average Bonchev–Trinajstić information content (AvgIpc) is 2.59. The van der Waals surface area contributed by atoms with Crippen molar-refractivity contribution in [1.82, 2.24) is 0 Å². The molecule has 0 aliphatic rings. The monoisotopic (exact) mass is 384 g/mol. The van der Waals surface area contributed by atoms with Crippen LogP contribution in [0.1, 0.15) is 13.3 Å². The number of anilines is 2. The lowest BCUT2D eigenvalue weighted by molar-refractivity contribution is 0.215. The third-order valence-corrected chi connectivity index (χ3v) is 5.43. The first-order valence-corrected chi connectivity index (χ1v) is 9.35. The normalized spacial score (nSPS) is 11.1. The average molecular weight is 384 g/mol. The van der Waals surface area contributed by atoms with Crippen LogP contribution in [0.25, 0.3) is 0 Å². The van der Waals surface area contributed by atoms with Gasteiger partial charge in [-0.1, -0.05) is 25.1 Å². The number of para-hydroxylation sites is 1. The van der Waals surface area contributed by atoms with E-state index in [1.807, 2.05) is 5.32 Å². The van der Waals surface area contributed by atoms with Crippen LogP contribution in [-0.2, 0) is 10.0 Å². The van der Waals surface area contributed by atoms with E-state index < -0.39 is 33.4 Å². The molecule has 0 unspecified atom stereocenters. The molecule has 1 amide bonds. The van der Waals surface area contributed by atoms with E-state index in [-0.39, 0.29) is 17.2 Å². The summed E-state index contributed by atoms with van der Waals surface area (Å²) in [6.07, 6.45) is -0.769. The van der Waals surface area contributed by atoms with E-state index in [0.717, 1.165) is 23.5 Å². The predicted octanol–water partition coefficient (Wildman–Crippen LogP) is 3.75. The molecular formula is C17H18F2N2O4S. The molecule has 0 spiro atoms. The van der Waals surface area contributed by atoms with Crippen LogP contribution in [0.4, 0.5) is 25.0 Å². The number of hydrogen-bond acceptors (Lipinski definition) is 4. The second kappa shape index (κ2) is 8.13. The maximum absolute atomic E-state index is 14.6. The van der Waals surface area contributed by atoms with Crippen molar-refractivity contribution < 1.29 is 26.7 Å². The van der Waals surface area contributed by atoms with Gasteiger partial charge in [0.05, 0.1) is 11.4 Å². The molecule has 1 N–H and O–H groups in total. The standard InChI is InChI=1S/C17H18F2N2O4S/c1-3-11-26(23,24)21(2)14-10-9-13(18)16(15(14)19)20-17(22)25-12-7-5-4-6-8-12/h4-10H,3,11H2,1-2H3,(H,20,22). The molecule has 0 radical (unpaired) electrons. The molecule has 6 nitrogen and oxygen atoms in total. The number of amides is 1. The predicted molar refractivity (Wildman–Crippen MR) is 94.9 cm³/mol. The van der Waals surface area contributed by atoms with Crippen LogP contribution >= 0.6 is 0 Å². The molecule has 2 aromatic rings. The number of nitrogens with one attached hydrogen (secondary N) is 1. The Kier molecular flexibility index (Phi) is 6.14. The number of hydrogen-bond donors (Lipinski definition) is 1. The van der Waals surface area contributed by atoms with Crippen LogP contribution in [0.3, 0.4) is 0 Å². The Hall–Kier alpha value is -2.68. The van der Waals surface area contributed by atoms with Gasteiger partial charge < -0.3 is 4.74 Å². The van der Waals surface area contributed by atoms with Crippen LogP contribution in [0.2, 0.25) is 0 Å². The van der Waals surface area contributed by atoms with Crippen LogP contribution in [0.5, 0.6) is 5.75 Å². The van der Waals surface area contributed by atoms with Gasteiger partial charge in [-0.2, -0.15) is 0 Å². The van der Waals surface area contributed by atoms with Crippen molar-refractivity contribution >= 4 is 27.5 Å². The van der Waals surface area contributed by atoms with E-state index in [1.165, 1.54) is 12.1 Å². The van der Waals surface area contributed by atoms with E-state index in [0.29, 0.717) is 6.42 Å². The maximum Gasteiger partial charge on any atom is 0.417 e. The van der Waals surface area contributed by atoms with Crippen molar-refractivity contribution in [2.75, 3.05) is 22.4 Å². The van der Waals surface area contributed by atoms with E-state index in [1.54, 1.807) is 25.1 Å². The van der Waals surface area contributed by atoms with Gasteiger partial charge in [-0.05, 0) is 30.7 Å². The minimum absolute atomic E-state index is 0.185. The van der Waals surface area contributed by atoms with Gasteiger partial charge in [-0.3, -0.25) is 9.62 Å². The quantitative estimate of drug-likeness (QED) is 0.823. The van der Waals surface area contributed by atoms with Crippen molar-refractivity contribution in [3.63, 3.8) is 0 Å². The fourth-order valence-electron chi connectivity index (χ4n) is 2.17. The maximum atomic E-state index is 14.6.